The quantitative estimate of drug-likeness (QED) is 0.570. The van der Waals surface area contributed by atoms with Gasteiger partial charge in [0.25, 0.3) is 0 Å². The van der Waals surface area contributed by atoms with Gasteiger partial charge in [0, 0.05) is 0 Å². The van der Waals surface area contributed by atoms with Crippen LogP contribution in [0.25, 0.3) is 0 Å². The van der Waals surface area contributed by atoms with Gasteiger partial charge in [0.05, 0.1) is 0 Å². The van der Waals surface area contributed by atoms with Gasteiger partial charge in [-0.05, 0) is 30.1 Å². The van der Waals surface area contributed by atoms with E-state index < -0.39 is 0 Å². The van der Waals surface area contributed by atoms with Crippen LogP contribution in [-0.2, 0) is 0 Å². The summed E-state index contributed by atoms with van der Waals surface area (Å²) in [5.74, 6) is 3.17. The lowest BCUT2D eigenvalue weighted by molar-refractivity contribution is 0.306. The van der Waals surface area contributed by atoms with Crippen molar-refractivity contribution in [2.45, 2.75) is 33.1 Å². The number of rotatable bonds is 4. The van der Waals surface area contributed by atoms with Gasteiger partial charge in [0.2, 0.25) is 0 Å². The van der Waals surface area contributed by atoms with Crippen molar-refractivity contribution in [2.75, 3.05) is 0 Å². The molecular weight excluding hydrogens is 156 g/mol. The van der Waals surface area contributed by atoms with Gasteiger partial charge >= 0.3 is 0 Å². The number of hydrogen-bond donors (Lipinski definition) is 0. The van der Waals surface area contributed by atoms with Crippen LogP contribution in [0.2, 0.25) is 0 Å². The van der Waals surface area contributed by atoms with E-state index in [-0.39, 0.29) is 0 Å². The maximum atomic E-state index is 3.94. The van der Waals surface area contributed by atoms with Crippen LogP contribution in [0, 0.1) is 23.7 Å². The van der Waals surface area contributed by atoms with Crippen molar-refractivity contribution in [3.8, 4) is 0 Å². The molecule has 1 saturated carbocycles. The Labute approximate surface area is 82.7 Å². The lowest BCUT2D eigenvalue weighted by atomic mass is 9.83. The Morgan fingerprint density at radius 2 is 1.38 bits per heavy atom. The first-order valence-electron chi connectivity index (χ1n) is 5.53. The molecule has 0 heteroatoms. The summed E-state index contributed by atoms with van der Waals surface area (Å²) in [7, 11) is 0. The first kappa shape index (κ1) is 10.6. The normalized spacial score (nSPS) is 38.9. The van der Waals surface area contributed by atoms with Crippen molar-refractivity contribution in [2.24, 2.45) is 23.7 Å². The van der Waals surface area contributed by atoms with Gasteiger partial charge in [-0.1, -0.05) is 38.8 Å². The van der Waals surface area contributed by atoms with Crippen molar-refractivity contribution >= 4 is 0 Å². The van der Waals surface area contributed by atoms with Crippen LogP contribution >= 0.6 is 0 Å². The van der Waals surface area contributed by atoms with E-state index in [1.54, 1.807) is 0 Å². The predicted molar refractivity (Wildman–Crippen MR) is 59.6 cm³/mol. The average Bonchev–Trinajstić information content (AvgIpc) is 2.54. The molecule has 0 bridgehead atoms. The largest absolute Gasteiger partial charge is 0.103 e. The van der Waals surface area contributed by atoms with Crippen molar-refractivity contribution < 1.29 is 0 Å². The van der Waals surface area contributed by atoms with Gasteiger partial charge < -0.3 is 0 Å². The second-order valence-electron chi connectivity index (χ2n) is 4.18. The van der Waals surface area contributed by atoms with E-state index in [0.717, 1.165) is 23.7 Å². The standard InChI is InChI=1S/C13H22/c1-5-10-9-11(6-2)13(8-4)12(10)7-3/h5-6,10-13H,1-2,7-9H2,3-4H3/t10-,11+,12?,13?. The Balaban J connectivity index is 2.76. The Morgan fingerprint density at radius 3 is 1.62 bits per heavy atom. The highest BCUT2D eigenvalue weighted by Crippen LogP contribution is 2.45. The van der Waals surface area contributed by atoms with E-state index in [4.69, 9.17) is 0 Å². The molecule has 2 unspecified atom stereocenters. The van der Waals surface area contributed by atoms with E-state index >= 15 is 0 Å². The fraction of sp³-hybridized carbons (Fsp3) is 0.692. The molecule has 0 aliphatic heterocycles. The summed E-state index contributed by atoms with van der Waals surface area (Å²) in [5.41, 5.74) is 0. The minimum atomic E-state index is 0.734. The molecule has 0 aromatic heterocycles. The Kier molecular flexibility index (Phi) is 3.77. The monoisotopic (exact) mass is 178 g/mol. The zero-order valence-electron chi connectivity index (χ0n) is 9.00. The maximum Gasteiger partial charge on any atom is -0.0199 e. The lowest BCUT2D eigenvalue weighted by Crippen LogP contribution is -2.14. The van der Waals surface area contributed by atoms with Crippen LogP contribution in [-0.4, -0.2) is 0 Å². The summed E-state index contributed by atoms with van der Waals surface area (Å²) in [6.07, 6.45) is 8.17. The highest BCUT2D eigenvalue weighted by atomic mass is 14.4. The number of hydrogen-bond acceptors (Lipinski definition) is 0. The predicted octanol–water partition coefficient (Wildman–Crippen LogP) is 4.05. The molecule has 1 rings (SSSR count). The van der Waals surface area contributed by atoms with Gasteiger partial charge in [-0.2, -0.15) is 0 Å². The molecule has 0 aromatic rings. The summed E-state index contributed by atoms with van der Waals surface area (Å²) < 4.78 is 0. The second-order valence-corrected chi connectivity index (χ2v) is 4.18. The van der Waals surface area contributed by atoms with Crippen molar-refractivity contribution in [1.82, 2.24) is 0 Å². The highest BCUT2D eigenvalue weighted by Gasteiger charge is 2.37. The molecule has 0 heterocycles. The Hall–Kier alpha value is -0.520. The average molecular weight is 178 g/mol. The van der Waals surface area contributed by atoms with Crippen LogP contribution in [0.1, 0.15) is 33.1 Å². The lowest BCUT2D eigenvalue weighted by Gasteiger charge is -2.22. The fourth-order valence-corrected chi connectivity index (χ4v) is 3.05. The molecular formula is C13H22. The minimum Gasteiger partial charge on any atom is -0.103 e. The van der Waals surface area contributed by atoms with E-state index in [1.165, 1.54) is 19.3 Å². The van der Waals surface area contributed by atoms with Crippen LogP contribution in [0.15, 0.2) is 25.3 Å². The minimum absolute atomic E-state index is 0.734. The third-order valence-corrected chi connectivity index (χ3v) is 3.74. The van der Waals surface area contributed by atoms with Gasteiger partial charge in [-0.25, -0.2) is 0 Å². The summed E-state index contributed by atoms with van der Waals surface area (Å²) in [5, 5.41) is 0. The molecule has 4 atom stereocenters. The Morgan fingerprint density at radius 1 is 1.00 bits per heavy atom. The maximum absolute atomic E-state index is 3.94. The second kappa shape index (κ2) is 4.64. The van der Waals surface area contributed by atoms with Crippen LogP contribution in [0.5, 0.6) is 0 Å². The molecule has 13 heavy (non-hydrogen) atoms. The topological polar surface area (TPSA) is 0 Å². The van der Waals surface area contributed by atoms with Crippen molar-refractivity contribution in [1.29, 1.82) is 0 Å². The van der Waals surface area contributed by atoms with Crippen LogP contribution in [0.3, 0.4) is 0 Å². The van der Waals surface area contributed by atoms with E-state index in [1.807, 2.05) is 0 Å². The van der Waals surface area contributed by atoms with Crippen LogP contribution in [0.4, 0.5) is 0 Å². The van der Waals surface area contributed by atoms with E-state index in [9.17, 15) is 0 Å². The van der Waals surface area contributed by atoms with Gasteiger partial charge in [0.1, 0.15) is 0 Å². The molecule has 0 saturated heterocycles. The molecule has 74 valence electrons. The molecule has 0 N–H and O–H groups in total. The summed E-state index contributed by atoms with van der Waals surface area (Å²) in [6, 6.07) is 0. The Bertz CT molecular complexity index is 160. The molecule has 0 radical (unpaired) electrons. The molecule has 1 aliphatic rings. The smallest absolute Gasteiger partial charge is 0.0199 e. The summed E-state index contributed by atoms with van der Waals surface area (Å²) >= 11 is 0. The molecule has 1 fully saturated rings. The summed E-state index contributed by atoms with van der Waals surface area (Å²) in [4.78, 5) is 0. The van der Waals surface area contributed by atoms with Gasteiger partial charge in [-0.15, -0.1) is 13.2 Å². The van der Waals surface area contributed by atoms with Gasteiger partial charge in [-0.3, -0.25) is 0 Å². The van der Waals surface area contributed by atoms with Crippen LogP contribution < -0.4 is 0 Å². The van der Waals surface area contributed by atoms with E-state index in [2.05, 4.69) is 39.2 Å². The molecule has 1 aliphatic carbocycles. The summed E-state index contributed by atoms with van der Waals surface area (Å²) in [6.45, 7) is 12.5. The van der Waals surface area contributed by atoms with Gasteiger partial charge in [0.15, 0.2) is 0 Å². The zero-order valence-corrected chi connectivity index (χ0v) is 9.00. The number of allylic oxidation sites excluding steroid dienone is 2. The third kappa shape index (κ3) is 1.87. The fourth-order valence-electron chi connectivity index (χ4n) is 3.05. The third-order valence-electron chi connectivity index (χ3n) is 3.74. The van der Waals surface area contributed by atoms with Crippen molar-refractivity contribution in [3.05, 3.63) is 25.3 Å². The molecule has 0 nitrogen and oxygen atoms in total. The van der Waals surface area contributed by atoms with Crippen molar-refractivity contribution in [3.63, 3.8) is 0 Å². The highest BCUT2D eigenvalue weighted by molar-refractivity contribution is 5.01. The molecule has 0 aromatic carbocycles. The first-order chi connectivity index (χ1) is 6.28. The first-order valence-corrected chi connectivity index (χ1v) is 5.53. The van der Waals surface area contributed by atoms with E-state index in [0.29, 0.717) is 0 Å². The molecule has 0 amide bonds. The SMILES string of the molecule is C=C[C@@H]1C[C@H](C=C)C(CC)C1CC. The molecule has 0 spiro atoms. The zero-order chi connectivity index (χ0) is 9.84.